The van der Waals surface area contributed by atoms with Gasteiger partial charge in [0, 0.05) is 0 Å². The second kappa shape index (κ2) is 9.51. The van der Waals surface area contributed by atoms with Crippen molar-refractivity contribution in [3.63, 3.8) is 0 Å². The fraction of sp³-hybridized carbons (Fsp3) is 0.429. The minimum atomic E-state index is -1.36. The Hall–Kier alpha value is -1.87. The fourth-order valence-electron chi connectivity index (χ4n) is 5.46. The van der Waals surface area contributed by atoms with E-state index in [9.17, 15) is 0 Å². The van der Waals surface area contributed by atoms with Gasteiger partial charge in [-0.05, 0) is 0 Å². The van der Waals surface area contributed by atoms with E-state index in [1.807, 2.05) is 0 Å². The molecule has 2 fully saturated rings. The Morgan fingerprint density at radius 2 is 1.57 bits per heavy atom. The molecule has 0 aliphatic carbocycles. The van der Waals surface area contributed by atoms with Gasteiger partial charge in [0.25, 0.3) is 0 Å². The third-order valence-electron chi connectivity index (χ3n) is 7.68. The molecule has 0 saturated carbocycles. The van der Waals surface area contributed by atoms with Crippen LogP contribution in [0.2, 0.25) is 0 Å². The molecule has 2 heteroatoms. The third-order valence-corrected chi connectivity index (χ3v) is 12.2. The van der Waals surface area contributed by atoms with Crippen LogP contribution >= 0.6 is 7.26 Å². The SMILES string of the molecule is C#CCC1CCN(C2CC[PH](C)(c3ccc(C(=C)c4ccccc4)cc3)CC2)CC1. The first-order chi connectivity index (χ1) is 14.6. The van der Waals surface area contributed by atoms with Crippen LogP contribution < -0.4 is 5.30 Å². The van der Waals surface area contributed by atoms with Crippen LogP contribution in [0.25, 0.3) is 5.57 Å². The first-order valence-electron chi connectivity index (χ1n) is 11.6. The second-order valence-electron chi connectivity index (χ2n) is 9.60. The number of benzene rings is 2. The van der Waals surface area contributed by atoms with Gasteiger partial charge in [-0.15, -0.1) is 0 Å². The zero-order valence-electron chi connectivity index (χ0n) is 18.4. The molecule has 30 heavy (non-hydrogen) atoms. The van der Waals surface area contributed by atoms with Crippen molar-refractivity contribution in [3.8, 4) is 12.3 Å². The maximum absolute atomic E-state index is 5.51. The summed E-state index contributed by atoms with van der Waals surface area (Å²) in [5.74, 6) is 3.63. The summed E-state index contributed by atoms with van der Waals surface area (Å²) in [4.78, 5) is 2.77. The average Bonchev–Trinajstić information content (AvgIpc) is 2.81. The van der Waals surface area contributed by atoms with Crippen molar-refractivity contribution < 1.29 is 0 Å². The number of terminal acetylenes is 1. The van der Waals surface area contributed by atoms with Gasteiger partial charge in [0.05, 0.1) is 0 Å². The van der Waals surface area contributed by atoms with Crippen molar-refractivity contribution in [2.45, 2.75) is 38.1 Å². The molecule has 0 N–H and O–H groups in total. The molecule has 0 radical (unpaired) electrons. The van der Waals surface area contributed by atoms with Gasteiger partial charge < -0.3 is 0 Å². The van der Waals surface area contributed by atoms with Crippen LogP contribution in [0, 0.1) is 18.3 Å². The van der Waals surface area contributed by atoms with E-state index >= 15 is 0 Å². The van der Waals surface area contributed by atoms with Crippen LogP contribution in [0.3, 0.4) is 0 Å². The van der Waals surface area contributed by atoms with E-state index in [1.54, 1.807) is 5.30 Å². The number of piperidine rings is 1. The fourth-order valence-corrected chi connectivity index (χ4v) is 9.20. The number of rotatable bonds is 5. The van der Waals surface area contributed by atoms with Crippen molar-refractivity contribution in [3.05, 3.63) is 72.3 Å². The second-order valence-corrected chi connectivity index (χ2v) is 14.3. The van der Waals surface area contributed by atoms with E-state index in [-0.39, 0.29) is 0 Å². The van der Waals surface area contributed by atoms with Crippen LogP contribution in [0.5, 0.6) is 0 Å². The molecular weight excluding hydrogens is 381 g/mol. The van der Waals surface area contributed by atoms with Crippen LogP contribution in [0.4, 0.5) is 0 Å². The van der Waals surface area contributed by atoms with E-state index in [4.69, 9.17) is 6.42 Å². The number of nitrogens with zero attached hydrogens (tertiary/aromatic N) is 1. The van der Waals surface area contributed by atoms with Crippen LogP contribution in [-0.4, -0.2) is 43.0 Å². The maximum atomic E-state index is 5.51. The van der Waals surface area contributed by atoms with Gasteiger partial charge in [-0.3, -0.25) is 0 Å². The quantitative estimate of drug-likeness (QED) is 0.449. The third kappa shape index (κ3) is 4.72. The van der Waals surface area contributed by atoms with Gasteiger partial charge in [0.1, 0.15) is 0 Å². The Morgan fingerprint density at radius 1 is 0.967 bits per heavy atom. The van der Waals surface area contributed by atoms with Crippen LogP contribution in [-0.2, 0) is 0 Å². The Balaban J connectivity index is 1.35. The van der Waals surface area contributed by atoms with Gasteiger partial charge in [-0.25, -0.2) is 0 Å². The molecule has 2 aliphatic rings. The molecule has 2 heterocycles. The first-order valence-corrected chi connectivity index (χ1v) is 14.5. The summed E-state index contributed by atoms with van der Waals surface area (Å²) in [6, 6.07) is 20.7. The minimum absolute atomic E-state index is 0.763. The summed E-state index contributed by atoms with van der Waals surface area (Å²) in [5, 5.41) is 1.62. The Morgan fingerprint density at radius 3 is 2.17 bits per heavy atom. The van der Waals surface area contributed by atoms with Crippen molar-refractivity contribution in [2.75, 3.05) is 32.1 Å². The number of likely N-dealkylation sites (tertiary alicyclic amines) is 1. The molecule has 0 spiro atoms. The van der Waals surface area contributed by atoms with Gasteiger partial charge in [0.15, 0.2) is 0 Å². The predicted molar refractivity (Wildman–Crippen MR) is 135 cm³/mol. The van der Waals surface area contributed by atoms with Gasteiger partial charge in [0.2, 0.25) is 0 Å². The Bertz CT molecular complexity index is 876. The van der Waals surface area contributed by atoms with E-state index in [2.05, 4.69) is 78.7 Å². The summed E-state index contributed by atoms with van der Waals surface area (Å²) in [7, 11) is -1.36. The monoisotopic (exact) mass is 417 g/mol. The summed E-state index contributed by atoms with van der Waals surface area (Å²) in [6.07, 6.45) is 14.7. The summed E-state index contributed by atoms with van der Waals surface area (Å²) < 4.78 is 0. The molecule has 0 unspecified atom stereocenters. The molecule has 0 atom stereocenters. The topological polar surface area (TPSA) is 3.24 Å². The Kier molecular flexibility index (Phi) is 6.77. The van der Waals surface area contributed by atoms with Crippen LogP contribution in [0.1, 0.15) is 43.2 Å². The van der Waals surface area contributed by atoms with Gasteiger partial charge in [-0.2, -0.15) is 0 Å². The van der Waals surface area contributed by atoms with Crippen molar-refractivity contribution in [1.29, 1.82) is 0 Å². The van der Waals surface area contributed by atoms with Gasteiger partial charge in [-0.1, -0.05) is 0 Å². The zero-order valence-corrected chi connectivity index (χ0v) is 19.4. The molecule has 0 aromatic heterocycles. The molecule has 2 aliphatic heterocycles. The first kappa shape index (κ1) is 21.4. The van der Waals surface area contributed by atoms with E-state index in [0.29, 0.717) is 0 Å². The molecule has 2 saturated heterocycles. The molecule has 4 rings (SSSR count). The molecule has 2 aromatic carbocycles. The van der Waals surface area contributed by atoms with E-state index < -0.39 is 7.26 Å². The van der Waals surface area contributed by atoms with Crippen molar-refractivity contribution in [1.82, 2.24) is 4.90 Å². The average molecular weight is 418 g/mol. The van der Waals surface area contributed by atoms with Crippen molar-refractivity contribution >= 4 is 18.1 Å². The molecule has 1 nitrogen and oxygen atoms in total. The molecule has 158 valence electrons. The predicted octanol–water partition coefficient (Wildman–Crippen LogP) is 5.65. The number of hydrogen-bond donors (Lipinski definition) is 0. The summed E-state index contributed by atoms with van der Waals surface area (Å²) in [5.41, 5.74) is 3.57. The molecule has 2 aromatic rings. The number of hydrogen-bond acceptors (Lipinski definition) is 1. The van der Waals surface area contributed by atoms with Crippen molar-refractivity contribution in [2.24, 2.45) is 5.92 Å². The van der Waals surface area contributed by atoms with Crippen LogP contribution in [0.15, 0.2) is 61.2 Å². The molecular formula is C28H36NP. The standard InChI is InChI=1S/C28H36NP/c1-4-8-24-15-19-29(20-16-24)27-17-21-30(3,22-18-27)28-13-11-26(12-14-28)23(2)25-9-6-5-7-10-25/h1,5-7,9-14,24,27,30H,2,8,15-22H2,3H3. The molecule has 0 bridgehead atoms. The van der Waals surface area contributed by atoms with E-state index in [1.165, 1.54) is 62.2 Å². The summed E-state index contributed by atoms with van der Waals surface area (Å²) in [6.45, 7) is 9.44. The Labute approximate surface area is 183 Å². The summed E-state index contributed by atoms with van der Waals surface area (Å²) >= 11 is 0. The normalized spacial score (nSPS) is 23.4. The molecule has 0 amide bonds. The van der Waals surface area contributed by atoms with Gasteiger partial charge >= 0.3 is 184 Å². The zero-order chi connectivity index (χ0) is 21.0. The van der Waals surface area contributed by atoms with E-state index in [0.717, 1.165) is 24.0 Å².